The van der Waals surface area contributed by atoms with Crippen LogP contribution >= 0.6 is 0 Å². The van der Waals surface area contributed by atoms with Crippen molar-refractivity contribution < 1.29 is 197 Å². The summed E-state index contributed by atoms with van der Waals surface area (Å²) in [6.07, 6.45) is -15.0. The number of carbonyl (C=O) groups excluding carboxylic acids is 5. The van der Waals surface area contributed by atoms with Gasteiger partial charge in [0.15, 0.2) is 25.2 Å². The van der Waals surface area contributed by atoms with Gasteiger partial charge in [0.2, 0.25) is 23.6 Å². The summed E-state index contributed by atoms with van der Waals surface area (Å²) in [4.78, 5) is 94.6. The van der Waals surface area contributed by atoms with Gasteiger partial charge in [-0.15, -0.1) is 0 Å². The van der Waals surface area contributed by atoms with E-state index < -0.39 is 308 Å². The highest BCUT2D eigenvalue weighted by Gasteiger charge is 2.64. The third-order valence-electron chi connectivity index (χ3n) is 28.3. The fourth-order valence-electron chi connectivity index (χ4n) is 19.9. The van der Waals surface area contributed by atoms with E-state index in [1.54, 1.807) is 6.08 Å². The van der Waals surface area contributed by atoms with Crippen LogP contribution in [0.15, 0.2) is 12.2 Å². The van der Waals surface area contributed by atoms with Gasteiger partial charge in [-0.1, -0.05) is 271 Å². The zero-order valence-corrected chi connectivity index (χ0v) is 86.7. The molecule has 0 radical (unpaired) electrons. The second kappa shape index (κ2) is 70.3. The Hall–Kier alpha value is -5.17. The van der Waals surface area contributed by atoms with Gasteiger partial charge >= 0.3 is 17.9 Å². The van der Waals surface area contributed by atoms with E-state index >= 15 is 0 Å². The normalized spacial score (nSPS) is 32.1. The van der Waals surface area contributed by atoms with Crippen LogP contribution in [0.2, 0.25) is 0 Å². The van der Waals surface area contributed by atoms with Gasteiger partial charge < -0.3 is 185 Å². The molecule has 0 aliphatic carbocycles. The molecule has 4 unspecified atom stereocenters. The van der Waals surface area contributed by atoms with Gasteiger partial charge in [0, 0.05) is 46.5 Å². The van der Waals surface area contributed by atoms with Crippen molar-refractivity contribution in [1.29, 1.82) is 0 Å². The van der Waals surface area contributed by atoms with Crippen molar-refractivity contribution in [2.45, 2.75) is 544 Å². The molecule has 850 valence electrons. The summed E-state index contributed by atoms with van der Waals surface area (Å²) in [5.41, 5.74) is 0. The first-order chi connectivity index (χ1) is 70.0. The molecule has 0 aromatic rings. The van der Waals surface area contributed by atoms with Crippen LogP contribution in [0.4, 0.5) is 0 Å². The Morgan fingerprint density at radius 2 is 0.705 bits per heavy atom. The molecule has 44 heteroatoms. The molecule has 34 atom stereocenters. The van der Waals surface area contributed by atoms with E-state index in [1.807, 2.05) is 6.08 Å². The van der Waals surface area contributed by atoms with Gasteiger partial charge in [-0.3, -0.25) is 24.0 Å². The molecule has 6 aliphatic heterocycles. The van der Waals surface area contributed by atoms with E-state index in [0.717, 1.165) is 117 Å². The minimum Gasteiger partial charge on any atom is -0.477 e. The number of aliphatic hydroxyl groups excluding tert-OH is 18. The number of carbonyl (C=O) groups is 7. The topological polar surface area (TPSA) is 692 Å². The van der Waals surface area contributed by atoms with Crippen molar-refractivity contribution in [3.8, 4) is 0 Å². The number of ether oxygens (including phenoxy) is 13. The number of amides is 4. The Bertz CT molecular complexity index is 3630. The number of aliphatic carboxylic acids is 2. The summed E-state index contributed by atoms with van der Waals surface area (Å²) in [6.45, 7) is 1.45. The Morgan fingerprint density at radius 3 is 1.10 bits per heavy atom. The minimum atomic E-state index is -3.49. The Kier molecular flexibility index (Phi) is 62.3. The molecule has 44 nitrogen and oxygen atoms in total. The Labute approximate surface area is 859 Å². The molecule has 0 saturated carbocycles. The van der Waals surface area contributed by atoms with E-state index in [0.29, 0.717) is 19.3 Å². The molecule has 6 heterocycles. The van der Waals surface area contributed by atoms with Gasteiger partial charge in [-0.25, -0.2) is 9.59 Å². The molecule has 6 aliphatic rings. The van der Waals surface area contributed by atoms with E-state index in [-0.39, 0.29) is 12.8 Å². The molecule has 6 saturated heterocycles. The monoisotopic (exact) mass is 2100 g/mol. The fraction of sp³-hybridized carbons (Fsp3) is 0.912. The average Bonchev–Trinajstić information content (AvgIpc) is 0.745. The average molecular weight is 2100 g/mol. The van der Waals surface area contributed by atoms with E-state index in [1.165, 1.54) is 154 Å². The van der Waals surface area contributed by atoms with Crippen molar-refractivity contribution in [3.63, 3.8) is 0 Å². The Balaban J connectivity index is 1.32. The molecule has 0 aromatic heterocycles. The third kappa shape index (κ3) is 41.9. The number of carboxylic acids is 2. The summed E-state index contributed by atoms with van der Waals surface area (Å²) < 4.78 is 79.5. The molecule has 0 aromatic carbocycles. The van der Waals surface area contributed by atoms with Crippen LogP contribution in [0.5, 0.6) is 0 Å². The number of allylic oxidation sites excluding steroid dienone is 1. The molecule has 146 heavy (non-hydrogen) atoms. The third-order valence-corrected chi connectivity index (χ3v) is 28.3. The van der Waals surface area contributed by atoms with Crippen molar-refractivity contribution >= 4 is 41.5 Å². The molecule has 0 bridgehead atoms. The van der Waals surface area contributed by atoms with Gasteiger partial charge in [0.1, 0.15) is 140 Å². The first-order valence-electron chi connectivity index (χ1n) is 54.2. The van der Waals surface area contributed by atoms with Crippen LogP contribution < -0.4 is 21.3 Å². The summed E-state index contributed by atoms with van der Waals surface area (Å²) >= 11 is 0. The standard InChI is InChI=1S/C102H182N4O40/c1-7-10-13-16-19-22-25-28-30-33-36-39-42-45-48-51-75(120)106-65(70(50-47-44-41-38-35-32-27-24-21-18-15-12-9-3)135-76(121)52-49-46-43-40-37-34-31-29-26-23-20-17-14-11-8-2)61-134-96-85(127)84(126)89(73(59-111)138-96)141-98-87(129)94(146-102(100(132)133)54-67(117)78(104-63(5)114)92(144-102)81(123)69(119)56-108)90(74(60-112)139-98)142-95-79(105-64(6)115)83(125)88(72(58-110)137-95)140-97-86(128)93(82(124)71(57-109)136-97)145-101(99(130)131)53-66(116)77(103-62(4)113)91(143-101)80(122)68(118)55-107/h47,50,65-74,77-98,107-112,116-119,122-129H,7-46,48-49,51-61H2,1-6H3,(H,103,113)(H,104,114)(H,105,115)(H,106,120)(H,130,131)(H,132,133)/b50-47+/t65?,66-,67-,68-,69-,70?,71-,72-,73-,74-,77+,78+,79-,80+,81+,82+,83-,84-,85-,86-,87-,88+,89-,90+,91?,92?,93+,94-,95+,96-,97+,98+,101-,102-/m1/s1. The number of hydrogen-bond donors (Lipinski definition) is 24. The summed E-state index contributed by atoms with van der Waals surface area (Å²) in [7, 11) is 0. The first kappa shape index (κ1) is 129. The van der Waals surface area contributed by atoms with Crippen LogP contribution in [0, 0.1) is 0 Å². The fourth-order valence-corrected chi connectivity index (χ4v) is 19.9. The number of carboxylic acid groups (broad SMARTS) is 2. The first-order valence-corrected chi connectivity index (χ1v) is 54.2. The number of nitrogens with one attached hydrogen (secondary N) is 4. The lowest BCUT2D eigenvalue weighted by atomic mass is 9.88. The maximum Gasteiger partial charge on any atom is 0.364 e. The number of aliphatic hydroxyl groups is 18. The molecule has 6 rings (SSSR count). The lowest BCUT2D eigenvalue weighted by Gasteiger charge is -2.53. The molecule has 0 spiro atoms. The van der Waals surface area contributed by atoms with Crippen molar-refractivity contribution in [1.82, 2.24) is 21.3 Å². The van der Waals surface area contributed by atoms with E-state index in [4.69, 9.17) is 61.6 Å². The minimum absolute atomic E-state index is 0.0573. The van der Waals surface area contributed by atoms with Crippen LogP contribution in [0.1, 0.15) is 337 Å². The quantitative estimate of drug-likeness (QED) is 0.0236. The number of esters is 1. The van der Waals surface area contributed by atoms with E-state index in [9.17, 15) is 136 Å². The molecule has 24 N–H and O–H groups in total. The lowest BCUT2D eigenvalue weighted by Crippen LogP contribution is -2.72. The summed E-state index contributed by atoms with van der Waals surface area (Å²) in [5.74, 6) is -14.9. The second-order valence-electron chi connectivity index (χ2n) is 40.4. The van der Waals surface area contributed by atoms with E-state index in [2.05, 4.69) is 42.0 Å². The maximum absolute atomic E-state index is 14.4. The number of hydrogen-bond acceptors (Lipinski definition) is 38. The van der Waals surface area contributed by atoms with Crippen molar-refractivity contribution in [3.05, 3.63) is 12.2 Å². The predicted molar refractivity (Wildman–Crippen MR) is 523 cm³/mol. The molecular formula is C102H182N4O40. The van der Waals surface area contributed by atoms with Crippen LogP contribution in [-0.2, 0) is 95.1 Å². The highest BCUT2D eigenvalue weighted by atomic mass is 16.8. The molecule has 6 fully saturated rings. The zero-order valence-electron chi connectivity index (χ0n) is 86.7. The highest BCUT2D eigenvalue weighted by Crippen LogP contribution is 2.44. The van der Waals surface area contributed by atoms with Gasteiger partial charge in [0.25, 0.3) is 11.6 Å². The zero-order chi connectivity index (χ0) is 107. The second-order valence-corrected chi connectivity index (χ2v) is 40.4. The highest BCUT2D eigenvalue weighted by molar-refractivity contribution is 5.78. The van der Waals surface area contributed by atoms with Gasteiger partial charge in [-0.05, 0) is 31.8 Å². The SMILES string of the molecule is CCCCCCCCCCCCC/C=C/C(OC(=O)CCCCCCCCCCCCCCCCC)C(CO[C@@H]1O[C@H](CO)[C@@H](O[C@@H]2O[C@H](CO)[C@H](O[C@@H]3O[C@H](CO)[C@H](O[C@@H]4O[C@H](CO)[C@H](O)[C@H](O[C@@]5(C(=O)O)C[C@@H](O)[C@H](NC(C)=O)C([C@@H](O)[C@H](O)CO)O5)[C@H]4O)[C@H](O)[C@H]3NC(C)=O)[C@H](O[C@@]3(C(=O)O)C[C@@H](O)[C@H](NC(C)=O)C([C@@H](O)[C@H](O)CO)O3)[C@H]2O)[C@H](O)[C@H]1O)NC(=O)CCCCCCCCCCCCCCCCC. The van der Waals surface area contributed by atoms with Gasteiger partial charge in [-0.2, -0.15) is 0 Å². The summed E-state index contributed by atoms with van der Waals surface area (Å²) in [6, 6.07) is -6.90. The maximum atomic E-state index is 14.4. The summed E-state index contributed by atoms with van der Waals surface area (Å²) in [5, 5.41) is 238. The number of rotatable bonds is 76. The smallest absolute Gasteiger partial charge is 0.364 e. The largest absolute Gasteiger partial charge is 0.477 e. The Morgan fingerprint density at radius 1 is 0.370 bits per heavy atom. The molecule has 4 amide bonds. The predicted octanol–water partition coefficient (Wildman–Crippen LogP) is 2.94. The number of unbranched alkanes of at least 4 members (excludes halogenated alkanes) is 39. The van der Waals surface area contributed by atoms with Gasteiger partial charge in [0.05, 0.1) is 76.6 Å². The molecular weight excluding hydrogens is 1920 g/mol. The lowest BCUT2D eigenvalue weighted by molar-refractivity contribution is -0.405. The van der Waals surface area contributed by atoms with Crippen molar-refractivity contribution in [2.24, 2.45) is 0 Å². The van der Waals surface area contributed by atoms with Crippen molar-refractivity contribution in [2.75, 3.05) is 46.2 Å². The van der Waals surface area contributed by atoms with Crippen LogP contribution in [0.3, 0.4) is 0 Å². The van der Waals surface area contributed by atoms with Crippen LogP contribution in [-0.4, -0.2) is 397 Å². The van der Waals surface area contributed by atoms with Crippen LogP contribution in [0.25, 0.3) is 0 Å².